The lowest BCUT2D eigenvalue weighted by atomic mass is 10.0. The number of nitrogens with zero attached hydrogens (tertiary/aromatic N) is 3. The van der Waals surface area contributed by atoms with Gasteiger partial charge in [0.1, 0.15) is 17.1 Å². The SMILES string of the molecule is C#CCOC(=O)COc1ccc(C)c(-c2noc3ccc(-n4c(=O)cc(C(F)(F)F)n(C)c4=O)c(Cl)c23)c1. The molecule has 0 aliphatic rings. The Morgan fingerprint density at radius 3 is 2.63 bits per heavy atom. The van der Waals surface area contributed by atoms with Crippen molar-refractivity contribution in [2.45, 2.75) is 13.1 Å². The molecule has 38 heavy (non-hydrogen) atoms. The van der Waals surface area contributed by atoms with E-state index in [4.69, 9.17) is 32.0 Å². The van der Waals surface area contributed by atoms with Crippen LogP contribution in [0.1, 0.15) is 11.3 Å². The maximum absolute atomic E-state index is 13.3. The van der Waals surface area contributed by atoms with Crippen molar-refractivity contribution in [1.82, 2.24) is 14.3 Å². The molecule has 9 nitrogen and oxygen atoms in total. The molecule has 0 aliphatic heterocycles. The Kier molecular flexibility index (Phi) is 7.06. The van der Waals surface area contributed by atoms with Gasteiger partial charge in [-0.3, -0.25) is 9.36 Å². The second kappa shape index (κ2) is 10.1. The summed E-state index contributed by atoms with van der Waals surface area (Å²) in [6, 6.07) is 7.82. The van der Waals surface area contributed by atoms with Gasteiger partial charge in [0.15, 0.2) is 18.8 Å². The molecule has 0 N–H and O–H groups in total. The first kappa shape index (κ1) is 26.6. The van der Waals surface area contributed by atoms with Crippen LogP contribution in [0, 0.1) is 19.3 Å². The number of hydrogen-bond acceptors (Lipinski definition) is 7. The first-order valence-corrected chi connectivity index (χ1v) is 11.1. The Labute approximate surface area is 216 Å². The molecular formula is C25H17ClF3N3O6. The molecule has 0 fully saturated rings. The van der Waals surface area contributed by atoms with E-state index in [9.17, 15) is 27.6 Å². The Balaban J connectivity index is 1.82. The van der Waals surface area contributed by atoms with Crippen LogP contribution in [0.4, 0.5) is 13.2 Å². The van der Waals surface area contributed by atoms with Crippen LogP contribution in [0.3, 0.4) is 0 Å². The fourth-order valence-electron chi connectivity index (χ4n) is 3.71. The predicted molar refractivity (Wildman–Crippen MR) is 130 cm³/mol. The molecule has 0 radical (unpaired) electrons. The molecule has 0 bridgehead atoms. The number of benzene rings is 2. The first-order chi connectivity index (χ1) is 17.9. The minimum Gasteiger partial charge on any atom is -0.482 e. The van der Waals surface area contributed by atoms with Crippen LogP contribution < -0.4 is 16.0 Å². The number of carbonyl (C=O) groups excluding carboxylic acids is 1. The highest BCUT2D eigenvalue weighted by molar-refractivity contribution is 6.38. The van der Waals surface area contributed by atoms with Crippen molar-refractivity contribution in [1.29, 1.82) is 0 Å². The third-order valence-electron chi connectivity index (χ3n) is 5.54. The van der Waals surface area contributed by atoms with E-state index in [1.165, 1.54) is 12.1 Å². The minimum atomic E-state index is -4.91. The van der Waals surface area contributed by atoms with Crippen molar-refractivity contribution in [2.24, 2.45) is 7.05 Å². The predicted octanol–water partition coefficient (Wildman–Crippen LogP) is 3.88. The number of ether oxygens (including phenoxy) is 2. The minimum absolute atomic E-state index is 0.152. The van der Waals surface area contributed by atoms with Gasteiger partial charge in [-0.15, -0.1) is 6.42 Å². The summed E-state index contributed by atoms with van der Waals surface area (Å²) in [6.45, 7) is 1.15. The third kappa shape index (κ3) is 4.88. The Bertz CT molecular complexity index is 1730. The monoisotopic (exact) mass is 547 g/mol. The smallest absolute Gasteiger partial charge is 0.431 e. The highest BCUT2D eigenvalue weighted by Gasteiger charge is 2.35. The standard InChI is InChI=1S/C25H17ClF3N3O6/c1-4-9-36-20(34)12-37-14-6-5-13(2)15(10-14)23-21-17(38-30-23)8-7-16(22(21)26)32-19(33)11-18(25(27,28)29)31(3)24(32)35/h1,5-8,10-11H,9,12H2,2-3H3. The Morgan fingerprint density at radius 2 is 1.95 bits per heavy atom. The molecule has 196 valence electrons. The molecule has 4 aromatic rings. The fraction of sp³-hybridized carbons (Fsp3) is 0.200. The topological polar surface area (TPSA) is 106 Å². The van der Waals surface area contributed by atoms with E-state index in [1.54, 1.807) is 25.1 Å². The number of terminal acetylenes is 1. The van der Waals surface area contributed by atoms with Crippen molar-refractivity contribution in [2.75, 3.05) is 13.2 Å². The number of halogens is 4. The van der Waals surface area contributed by atoms with Crippen molar-refractivity contribution in [3.05, 3.63) is 73.5 Å². The van der Waals surface area contributed by atoms with Crippen LogP contribution in [0.2, 0.25) is 5.02 Å². The van der Waals surface area contributed by atoms with Gasteiger partial charge < -0.3 is 14.0 Å². The van der Waals surface area contributed by atoms with Crippen LogP contribution in [-0.4, -0.2) is 33.5 Å². The number of aryl methyl sites for hydroxylation is 1. The molecule has 0 unspecified atom stereocenters. The van der Waals surface area contributed by atoms with Crippen molar-refractivity contribution >= 4 is 28.5 Å². The highest BCUT2D eigenvalue weighted by atomic mass is 35.5. The number of carbonyl (C=O) groups is 1. The molecule has 2 heterocycles. The van der Waals surface area contributed by atoms with E-state index in [0.29, 0.717) is 26.3 Å². The zero-order chi connectivity index (χ0) is 27.8. The zero-order valence-electron chi connectivity index (χ0n) is 19.8. The van der Waals surface area contributed by atoms with Crippen LogP contribution in [-0.2, 0) is 22.8 Å². The zero-order valence-corrected chi connectivity index (χ0v) is 20.5. The van der Waals surface area contributed by atoms with Crippen molar-refractivity contribution < 1.29 is 32.0 Å². The molecule has 2 aromatic heterocycles. The quantitative estimate of drug-likeness (QED) is 0.266. The van der Waals surface area contributed by atoms with Crippen LogP contribution >= 0.6 is 11.6 Å². The van der Waals surface area contributed by atoms with Gasteiger partial charge in [-0.25, -0.2) is 14.2 Å². The summed E-state index contributed by atoms with van der Waals surface area (Å²) in [5, 5.41) is 4.11. The van der Waals surface area contributed by atoms with E-state index >= 15 is 0 Å². The molecule has 0 spiro atoms. The molecule has 0 atom stereocenters. The van der Waals surface area contributed by atoms with E-state index in [2.05, 4.69) is 11.1 Å². The molecule has 0 saturated carbocycles. The maximum Gasteiger partial charge on any atom is 0.431 e. The highest BCUT2D eigenvalue weighted by Crippen LogP contribution is 2.38. The summed E-state index contributed by atoms with van der Waals surface area (Å²) >= 11 is 6.60. The largest absolute Gasteiger partial charge is 0.482 e. The number of fused-ring (bicyclic) bond motifs is 1. The van der Waals surface area contributed by atoms with Gasteiger partial charge in [-0.05, 0) is 36.8 Å². The number of alkyl halides is 3. The van der Waals surface area contributed by atoms with Crippen LogP contribution in [0.25, 0.3) is 27.9 Å². The third-order valence-corrected chi connectivity index (χ3v) is 5.93. The summed E-state index contributed by atoms with van der Waals surface area (Å²) < 4.78 is 56.2. The fourth-order valence-corrected chi connectivity index (χ4v) is 4.04. The van der Waals surface area contributed by atoms with Gasteiger partial charge in [0.05, 0.1) is 16.1 Å². The molecule has 2 aromatic carbocycles. The second-order valence-corrected chi connectivity index (χ2v) is 8.35. The molecule has 0 aliphatic carbocycles. The van der Waals surface area contributed by atoms with Crippen molar-refractivity contribution in [3.8, 4) is 35.0 Å². The second-order valence-electron chi connectivity index (χ2n) is 7.98. The van der Waals surface area contributed by atoms with Gasteiger partial charge in [0, 0.05) is 18.7 Å². The first-order valence-electron chi connectivity index (χ1n) is 10.8. The summed E-state index contributed by atoms with van der Waals surface area (Å²) in [6.07, 6.45) is 0.138. The van der Waals surface area contributed by atoms with Crippen LogP contribution in [0.15, 0.2) is 50.5 Å². The molecule has 0 saturated heterocycles. The lowest BCUT2D eigenvalue weighted by Gasteiger charge is -2.15. The average Bonchev–Trinajstić information content (AvgIpc) is 3.30. The number of esters is 1. The molecule has 13 heteroatoms. The summed E-state index contributed by atoms with van der Waals surface area (Å²) in [4.78, 5) is 37.1. The van der Waals surface area contributed by atoms with Gasteiger partial charge in [-0.1, -0.05) is 28.7 Å². The summed E-state index contributed by atoms with van der Waals surface area (Å²) in [5.41, 5.74) is -2.45. The van der Waals surface area contributed by atoms with Gasteiger partial charge in [-0.2, -0.15) is 13.2 Å². The van der Waals surface area contributed by atoms with E-state index in [-0.39, 0.29) is 39.7 Å². The van der Waals surface area contributed by atoms with E-state index < -0.39 is 35.7 Å². The van der Waals surface area contributed by atoms with E-state index in [0.717, 1.165) is 7.05 Å². The Hall–Kier alpha value is -4.50. The van der Waals surface area contributed by atoms with Crippen molar-refractivity contribution in [3.63, 3.8) is 0 Å². The number of rotatable bonds is 6. The normalized spacial score (nSPS) is 11.4. The average molecular weight is 548 g/mol. The van der Waals surface area contributed by atoms with Gasteiger partial charge in [0.2, 0.25) is 0 Å². The Morgan fingerprint density at radius 1 is 1.21 bits per heavy atom. The lowest BCUT2D eigenvalue weighted by molar-refractivity contribution is -0.145. The summed E-state index contributed by atoms with van der Waals surface area (Å²) in [7, 11) is 0.898. The molecule has 4 rings (SSSR count). The molecular weight excluding hydrogens is 531 g/mol. The number of aromatic nitrogens is 3. The summed E-state index contributed by atoms with van der Waals surface area (Å²) in [5.74, 6) is 1.77. The van der Waals surface area contributed by atoms with E-state index in [1.807, 2.05) is 0 Å². The number of hydrogen-bond donors (Lipinski definition) is 0. The maximum atomic E-state index is 13.3. The van der Waals surface area contributed by atoms with Gasteiger partial charge in [0.25, 0.3) is 5.56 Å². The van der Waals surface area contributed by atoms with Gasteiger partial charge >= 0.3 is 17.8 Å². The van der Waals surface area contributed by atoms with Crippen LogP contribution in [0.5, 0.6) is 5.75 Å². The lowest BCUT2D eigenvalue weighted by Crippen LogP contribution is -2.40. The molecule has 0 amide bonds.